The molecule has 3 N–H and O–H groups in total. The van der Waals surface area contributed by atoms with Crippen molar-refractivity contribution in [3.05, 3.63) is 75.4 Å². The van der Waals surface area contributed by atoms with Gasteiger partial charge in [0.1, 0.15) is 12.4 Å². The van der Waals surface area contributed by atoms with Gasteiger partial charge in [0.05, 0.1) is 12.1 Å². The van der Waals surface area contributed by atoms with Gasteiger partial charge in [0.2, 0.25) is 5.91 Å². The number of benzene rings is 2. The van der Waals surface area contributed by atoms with Gasteiger partial charge in [0, 0.05) is 29.9 Å². The molecule has 0 aliphatic heterocycles. The number of nitrogens with zero attached hydrogens (tertiary/aromatic N) is 1. The molecule has 0 saturated heterocycles. The number of anilines is 1. The zero-order valence-corrected chi connectivity index (χ0v) is 17.0. The Morgan fingerprint density at radius 2 is 1.87 bits per heavy atom. The SMILES string of the molecule is CC(=O)N(CCOC(=O)Nc1cc(=O)c2ccccc2[nH]1)NCc1ccccc1Cl. The first-order valence-electron chi connectivity index (χ1n) is 9.25. The van der Waals surface area contributed by atoms with E-state index in [1.165, 1.54) is 18.0 Å². The number of hydrogen-bond donors (Lipinski definition) is 3. The monoisotopic (exact) mass is 428 g/mol. The molecule has 0 aliphatic rings. The van der Waals surface area contributed by atoms with Crippen LogP contribution >= 0.6 is 11.6 Å². The molecule has 2 amide bonds. The predicted octanol–water partition coefficient (Wildman–Crippen LogP) is 3.28. The Hall–Kier alpha value is -3.36. The van der Waals surface area contributed by atoms with E-state index in [1.54, 1.807) is 30.3 Å². The van der Waals surface area contributed by atoms with Crippen molar-refractivity contribution < 1.29 is 14.3 Å². The number of hydrogen-bond acceptors (Lipinski definition) is 5. The van der Waals surface area contributed by atoms with Crippen LogP contribution in [0.4, 0.5) is 10.6 Å². The normalized spacial score (nSPS) is 10.6. The lowest BCUT2D eigenvalue weighted by atomic mass is 10.2. The molecule has 0 radical (unpaired) electrons. The van der Waals surface area contributed by atoms with E-state index in [9.17, 15) is 14.4 Å². The summed E-state index contributed by atoms with van der Waals surface area (Å²) in [5, 5.41) is 4.94. The van der Waals surface area contributed by atoms with Crippen LogP contribution in [0.15, 0.2) is 59.4 Å². The first-order chi connectivity index (χ1) is 14.4. The summed E-state index contributed by atoms with van der Waals surface area (Å²) >= 11 is 6.11. The third-order valence-corrected chi connectivity index (χ3v) is 4.69. The van der Waals surface area contributed by atoms with Crippen molar-refractivity contribution in [3.63, 3.8) is 0 Å². The molecule has 0 aliphatic carbocycles. The molecule has 0 unspecified atom stereocenters. The van der Waals surface area contributed by atoms with Gasteiger partial charge in [-0.05, 0) is 23.8 Å². The van der Waals surface area contributed by atoms with E-state index in [0.717, 1.165) is 5.56 Å². The minimum absolute atomic E-state index is 0.0429. The number of aromatic nitrogens is 1. The number of rotatable bonds is 7. The van der Waals surface area contributed by atoms with Crippen LogP contribution in [0.1, 0.15) is 12.5 Å². The lowest BCUT2D eigenvalue weighted by molar-refractivity contribution is -0.132. The molecule has 0 atom stereocenters. The van der Waals surface area contributed by atoms with E-state index in [1.807, 2.05) is 18.2 Å². The smallest absolute Gasteiger partial charge is 0.412 e. The van der Waals surface area contributed by atoms with Crippen LogP contribution in [0, 0.1) is 0 Å². The number of nitrogens with one attached hydrogen (secondary N) is 3. The number of ether oxygens (including phenoxy) is 1. The van der Waals surface area contributed by atoms with Crippen molar-refractivity contribution in [2.75, 3.05) is 18.5 Å². The van der Waals surface area contributed by atoms with Crippen molar-refractivity contribution in [1.82, 2.24) is 15.4 Å². The topological polar surface area (TPSA) is 104 Å². The number of amides is 2. The minimum Gasteiger partial charge on any atom is -0.447 e. The molecule has 0 bridgehead atoms. The average molecular weight is 429 g/mol. The third-order valence-electron chi connectivity index (χ3n) is 4.32. The molecule has 1 heterocycles. The second-order valence-electron chi connectivity index (χ2n) is 6.45. The van der Waals surface area contributed by atoms with Gasteiger partial charge in [0.15, 0.2) is 5.43 Å². The summed E-state index contributed by atoms with van der Waals surface area (Å²) in [6.07, 6.45) is -0.740. The number of pyridine rings is 1. The Balaban J connectivity index is 1.51. The fraction of sp³-hybridized carbons (Fsp3) is 0.190. The standard InChI is InChI=1S/C21H21ClN4O4/c1-14(27)26(23-13-15-6-2-4-8-17(15)22)10-11-30-21(29)25-20-12-19(28)16-7-3-5-9-18(16)24-20/h2-9,12,23H,10-11,13H2,1H3,(H2,24,25,28,29). The highest BCUT2D eigenvalue weighted by Crippen LogP contribution is 2.14. The predicted molar refractivity (Wildman–Crippen MR) is 115 cm³/mol. The summed E-state index contributed by atoms with van der Waals surface area (Å²) < 4.78 is 5.12. The molecular weight excluding hydrogens is 408 g/mol. The third kappa shape index (κ3) is 5.59. The lowest BCUT2D eigenvalue weighted by Gasteiger charge is -2.22. The Bertz CT molecular complexity index is 1120. The molecule has 30 heavy (non-hydrogen) atoms. The van der Waals surface area contributed by atoms with Gasteiger partial charge in [0.25, 0.3) is 0 Å². The second-order valence-corrected chi connectivity index (χ2v) is 6.86. The molecule has 0 fully saturated rings. The first-order valence-corrected chi connectivity index (χ1v) is 9.62. The summed E-state index contributed by atoms with van der Waals surface area (Å²) in [6, 6.07) is 15.6. The molecule has 9 heteroatoms. The number of carbonyl (C=O) groups excluding carboxylic acids is 2. The molecule has 0 spiro atoms. The highest BCUT2D eigenvalue weighted by molar-refractivity contribution is 6.31. The fourth-order valence-corrected chi connectivity index (χ4v) is 3.01. The first kappa shape index (κ1) is 21.4. The number of fused-ring (bicyclic) bond motifs is 1. The van der Waals surface area contributed by atoms with Crippen LogP contribution in [0.3, 0.4) is 0 Å². The quantitative estimate of drug-likeness (QED) is 0.501. The number of aromatic amines is 1. The molecule has 1 aromatic heterocycles. The molecular formula is C21H21ClN4O4. The minimum atomic E-state index is -0.740. The maximum Gasteiger partial charge on any atom is 0.412 e. The summed E-state index contributed by atoms with van der Waals surface area (Å²) in [4.78, 5) is 38.9. The van der Waals surface area contributed by atoms with Crippen LogP contribution < -0.4 is 16.2 Å². The number of carbonyl (C=O) groups is 2. The van der Waals surface area contributed by atoms with Crippen molar-refractivity contribution >= 4 is 40.3 Å². The van der Waals surface area contributed by atoms with Gasteiger partial charge in [-0.15, -0.1) is 0 Å². The van der Waals surface area contributed by atoms with Gasteiger partial charge in [-0.25, -0.2) is 10.2 Å². The highest BCUT2D eigenvalue weighted by atomic mass is 35.5. The van der Waals surface area contributed by atoms with Crippen molar-refractivity contribution in [3.8, 4) is 0 Å². The molecule has 156 valence electrons. The highest BCUT2D eigenvalue weighted by Gasteiger charge is 2.12. The molecule has 0 saturated carbocycles. The van der Waals surface area contributed by atoms with Crippen LogP contribution in [0.5, 0.6) is 0 Å². The Morgan fingerprint density at radius 1 is 1.13 bits per heavy atom. The van der Waals surface area contributed by atoms with E-state index in [0.29, 0.717) is 22.5 Å². The average Bonchev–Trinajstić information content (AvgIpc) is 2.71. The molecule has 2 aromatic carbocycles. The number of H-pyrrole nitrogens is 1. The van der Waals surface area contributed by atoms with Crippen LogP contribution in [0.2, 0.25) is 5.02 Å². The Kier molecular flexibility index (Phi) is 7.05. The fourth-order valence-electron chi connectivity index (χ4n) is 2.81. The Labute approximate surface area is 177 Å². The largest absolute Gasteiger partial charge is 0.447 e. The summed E-state index contributed by atoms with van der Waals surface area (Å²) in [5.41, 5.74) is 4.19. The maximum atomic E-state index is 12.1. The number of para-hydroxylation sites is 1. The zero-order valence-electron chi connectivity index (χ0n) is 16.3. The lowest BCUT2D eigenvalue weighted by Crippen LogP contribution is -2.43. The summed E-state index contributed by atoms with van der Waals surface area (Å²) in [7, 11) is 0. The van der Waals surface area contributed by atoms with Gasteiger partial charge >= 0.3 is 6.09 Å². The van der Waals surface area contributed by atoms with Crippen LogP contribution in [-0.2, 0) is 16.1 Å². The summed E-state index contributed by atoms with van der Waals surface area (Å²) in [5.74, 6) is -0.00566. The van der Waals surface area contributed by atoms with Gasteiger partial charge in [-0.3, -0.25) is 19.9 Å². The second kappa shape index (κ2) is 9.91. The Morgan fingerprint density at radius 3 is 2.63 bits per heavy atom. The number of halogens is 1. The van der Waals surface area contributed by atoms with Crippen LogP contribution in [-0.4, -0.2) is 35.1 Å². The molecule has 3 rings (SSSR count). The van der Waals surface area contributed by atoms with Crippen molar-refractivity contribution in [1.29, 1.82) is 0 Å². The molecule has 8 nitrogen and oxygen atoms in total. The van der Waals surface area contributed by atoms with Crippen LogP contribution in [0.25, 0.3) is 10.9 Å². The van der Waals surface area contributed by atoms with Gasteiger partial charge < -0.3 is 9.72 Å². The maximum absolute atomic E-state index is 12.1. The molecule has 3 aromatic rings. The van der Waals surface area contributed by atoms with Gasteiger partial charge in [-0.2, -0.15) is 0 Å². The number of hydrazine groups is 1. The van der Waals surface area contributed by atoms with Gasteiger partial charge in [-0.1, -0.05) is 41.9 Å². The van der Waals surface area contributed by atoms with E-state index in [4.69, 9.17) is 16.3 Å². The van der Waals surface area contributed by atoms with Crippen molar-refractivity contribution in [2.24, 2.45) is 0 Å². The van der Waals surface area contributed by atoms with E-state index in [-0.39, 0.29) is 30.3 Å². The van der Waals surface area contributed by atoms with Crippen molar-refractivity contribution in [2.45, 2.75) is 13.5 Å². The van der Waals surface area contributed by atoms with E-state index >= 15 is 0 Å². The van der Waals surface area contributed by atoms with E-state index in [2.05, 4.69) is 15.7 Å². The summed E-state index contributed by atoms with van der Waals surface area (Å²) in [6.45, 7) is 1.85. The van der Waals surface area contributed by atoms with E-state index < -0.39 is 6.09 Å². The zero-order chi connectivity index (χ0) is 21.5.